The summed E-state index contributed by atoms with van der Waals surface area (Å²) >= 11 is 0. The second kappa shape index (κ2) is 3.68. The number of hydrogen-bond donors (Lipinski definition) is 0. The van der Waals surface area contributed by atoms with E-state index in [1.54, 1.807) is 0 Å². The van der Waals surface area contributed by atoms with Crippen molar-refractivity contribution in [3.05, 3.63) is 36.8 Å². The van der Waals surface area contributed by atoms with Crippen molar-refractivity contribution in [2.75, 3.05) is 6.61 Å². The highest BCUT2D eigenvalue weighted by Gasteiger charge is 2.33. The zero-order valence-corrected chi connectivity index (χ0v) is 6.77. The number of alkyl halides is 3. The van der Waals surface area contributed by atoms with Gasteiger partial charge in [-0.1, -0.05) is 12.1 Å². The Labute approximate surface area is 74.1 Å². The maximum Gasteiger partial charge on any atom is 0.419 e. The number of para-hydroxylation sites is 1. The minimum Gasteiger partial charge on any atom is -0.493 e. The van der Waals surface area contributed by atoms with E-state index in [9.17, 15) is 13.2 Å². The monoisotopic (exact) mass is 189 g/mol. The van der Waals surface area contributed by atoms with Crippen molar-refractivity contribution < 1.29 is 17.9 Å². The molecule has 0 aliphatic carbocycles. The predicted octanol–water partition coefficient (Wildman–Crippen LogP) is 2.92. The van der Waals surface area contributed by atoms with Crippen LogP contribution in [0.25, 0.3) is 0 Å². The van der Waals surface area contributed by atoms with E-state index < -0.39 is 11.7 Å². The Morgan fingerprint density at radius 2 is 1.85 bits per heavy atom. The van der Waals surface area contributed by atoms with Crippen LogP contribution in [0, 0.1) is 6.92 Å². The van der Waals surface area contributed by atoms with Gasteiger partial charge < -0.3 is 4.74 Å². The zero-order valence-electron chi connectivity index (χ0n) is 6.77. The third-order valence-corrected chi connectivity index (χ3v) is 1.45. The van der Waals surface area contributed by atoms with E-state index in [4.69, 9.17) is 4.74 Å². The van der Waals surface area contributed by atoms with Crippen LogP contribution >= 0.6 is 0 Å². The summed E-state index contributed by atoms with van der Waals surface area (Å²) < 4.78 is 41.5. The van der Waals surface area contributed by atoms with Crippen molar-refractivity contribution in [1.29, 1.82) is 0 Å². The highest BCUT2D eigenvalue weighted by atomic mass is 19.4. The molecule has 0 spiro atoms. The molecule has 1 nitrogen and oxygen atoms in total. The van der Waals surface area contributed by atoms with Gasteiger partial charge in [0.05, 0.1) is 12.2 Å². The molecule has 71 valence electrons. The van der Waals surface area contributed by atoms with Gasteiger partial charge in [-0.05, 0) is 19.1 Å². The number of ether oxygens (including phenoxy) is 1. The van der Waals surface area contributed by atoms with Crippen LogP contribution in [0.1, 0.15) is 5.56 Å². The van der Waals surface area contributed by atoms with Crippen LogP contribution in [0.5, 0.6) is 5.75 Å². The van der Waals surface area contributed by atoms with Crippen molar-refractivity contribution in [2.45, 2.75) is 6.18 Å². The molecule has 0 unspecified atom stereocenters. The number of rotatable bonds is 2. The summed E-state index contributed by atoms with van der Waals surface area (Å²) in [6.07, 6.45) is -4.37. The Balaban J connectivity index is 3.05. The van der Waals surface area contributed by atoms with Gasteiger partial charge in [0.2, 0.25) is 0 Å². The first-order valence-electron chi connectivity index (χ1n) is 3.64. The van der Waals surface area contributed by atoms with Gasteiger partial charge in [0.15, 0.2) is 0 Å². The third-order valence-electron chi connectivity index (χ3n) is 1.45. The van der Waals surface area contributed by atoms with Crippen LogP contribution in [0.3, 0.4) is 0 Å². The average Bonchev–Trinajstić information content (AvgIpc) is 2.04. The minimum atomic E-state index is -4.37. The van der Waals surface area contributed by atoms with Crippen molar-refractivity contribution in [1.82, 2.24) is 0 Å². The van der Waals surface area contributed by atoms with Gasteiger partial charge in [-0.15, -0.1) is 0 Å². The summed E-state index contributed by atoms with van der Waals surface area (Å²) in [5.41, 5.74) is -0.765. The summed E-state index contributed by atoms with van der Waals surface area (Å²) in [5.74, 6) is -0.176. The molecule has 0 saturated heterocycles. The molecular formula is C9H8F3O. The number of hydrogen-bond acceptors (Lipinski definition) is 1. The highest BCUT2D eigenvalue weighted by molar-refractivity contribution is 5.35. The Hall–Kier alpha value is -1.19. The molecule has 0 aliphatic heterocycles. The lowest BCUT2D eigenvalue weighted by Crippen LogP contribution is -2.08. The van der Waals surface area contributed by atoms with Gasteiger partial charge in [0.1, 0.15) is 5.75 Å². The number of halogens is 3. The molecule has 13 heavy (non-hydrogen) atoms. The van der Waals surface area contributed by atoms with Crippen molar-refractivity contribution >= 4 is 0 Å². The lowest BCUT2D eigenvalue weighted by Gasteiger charge is -2.11. The van der Waals surface area contributed by atoms with Crippen LogP contribution in [0.2, 0.25) is 0 Å². The smallest absolute Gasteiger partial charge is 0.419 e. The summed E-state index contributed by atoms with van der Waals surface area (Å²) in [4.78, 5) is 0. The molecule has 0 amide bonds. The van der Waals surface area contributed by atoms with E-state index in [0.717, 1.165) is 6.07 Å². The van der Waals surface area contributed by atoms with E-state index in [2.05, 4.69) is 6.92 Å². The fourth-order valence-electron chi connectivity index (χ4n) is 0.937. The highest BCUT2D eigenvalue weighted by Crippen LogP contribution is 2.35. The molecule has 1 rings (SSSR count). The standard InChI is InChI=1S/C9H8F3O/c1-2-13-8-6-4-3-5-7(8)9(10,11)12/h3-6H,1-2H2. The van der Waals surface area contributed by atoms with Crippen LogP contribution < -0.4 is 4.74 Å². The quantitative estimate of drug-likeness (QED) is 0.695. The van der Waals surface area contributed by atoms with Gasteiger partial charge in [-0.2, -0.15) is 13.2 Å². The zero-order chi connectivity index (χ0) is 9.90. The fourth-order valence-corrected chi connectivity index (χ4v) is 0.937. The molecule has 4 heteroatoms. The molecular weight excluding hydrogens is 181 g/mol. The topological polar surface area (TPSA) is 9.23 Å². The first kappa shape index (κ1) is 9.89. The lowest BCUT2D eigenvalue weighted by molar-refractivity contribution is -0.138. The van der Waals surface area contributed by atoms with Crippen LogP contribution in [-0.4, -0.2) is 6.61 Å². The largest absolute Gasteiger partial charge is 0.493 e. The normalized spacial score (nSPS) is 11.4. The van der Waals surface area contributed by atoms with Gasteiger partial charge in [0, 0.05) is 0 Å². The second-order valence-electron chi connectivity index (χ2n) is 2.34. The molecule has 0 atom stereocenters. The van der Waals surface area contributed by atoms with Crippen LogP contribution in [-0.2, 0) is 6.18 Å². The second-order valence-corrected chi connectivity index (χ2v) is 2.34. The molecule has 1 aromatic rings. The summed E-state index contributed by atoms with van der Waals surface area (Å²) in [6.45, 7) is 3.29. The van der Waals surface area contributed by atoms with E-state index in [-0.39, 0.29) is 12.4 Å². The molecule has 0 N–H and O–H groups in total. The Kier molecular flexibility index (Phi) is 2.80. The summed E-state index contributed by atoms with van der Waals surface area (Å²) in [5, 5.41) is 0. The van der Waals surface area contributed by atoms with Gasteiger partial charge >= 0.3 is 6.18 Å². The van der Waals surface area contributed by atoms with E-state index in [0.29, 0.717) is 0 Å². The van der Waals surface area contributed by atoms with Gasteiger partial charge in [-0.3, -0.25) is 0 Å². The maximum absolute atomic E-state index is 12.3. The van der Waals surface area contributed by atoms with Gasteiger partial charge in [0.25, 0.3) is 0 Å². The number of benzene rings is 1. The molecule has 0 fully saturated rings. The predicted molar refractivity (Wildman–Crippen MR) is 42.3 cm³/mol. The molecule has 0 aromatic heterocycles. The molecule has 1 radical (unpaired) electrons. The first-order valence-corrected chi connectivity index (χ1v) is 3.64. The lowest BCUT2D eigenvalue weighted by atomic mass is 10.2. The van der Waals surface area contributed by atoms with Crippen molar-refractivity contribution in [2.24, 2.45) is 0 Å². The van der Waals surface area contributed by atoms with Crippen LogP contribution in [0.4, 0.5) is 13.2 Å². The molecule has 0 heterocycles. The maximum atomic E-state index is 12.3. The van der Waals surface area contributed by atoms with Crippen molar-refractivity contribution in [3.8, 4) is 5.75 Å². The summed E-state index contributed by atoms with van der Waals surface area (Å²) in [7, 11) is 0. The molecule has 1 aromatic carbocycles. The van der Waals surface area contributed by atoms with Crippen molar-refractivity contribution in [3.63, 3.8) is 0 Å². The molecule has 0 aliphatic rings. The minimum absolute atomic E-state index is 0.0207. The Morgan fingerprint density at radius 1 is 1.23 bits per heavy atom. The SMILES string of the molecule is [CH2]COc1ccccc1C(F)(F)F. The average molecular weight is 189 g/mol. The Morgan fingerprint density at radius 3 is 2.38 bits per heavy atom. The first-order chi connectivity index (χ1) is 6.05. The van der Waals surface area contributed by atoms with E-state index in [1.165, 1.54) is 18.2 Å². The van der Waals surface area contributed by atoms with Crippen LogP contribution in [0.15, 0.2) is 24.3 Å². The third kappa shape index (κ3) is 2.37. The summed E-state index contributed by atoms with van der Waals surface area (Å²) in [6, 6.07) is 5.05. The molecule has 0 saturated carbocycles. The van der Waals surface area contributed by atoms with Gasteiger partial charge in [-0.25, -0.2) is 0 Å². The van der Waals surface area contributed by atoms with E-state index in [1.807, 2.05) is 0 Å². The molecule has 0 bridgehead atoms. The van der Waals surface area contributed by atoms with E-state index >= 15 is 0 Å². The Bertz CT molecular complexity index is 280. The fraction of sp³-hybridized carbons (Fsp3) is 0.222.